The summed E-state index contributed by atoms with van der Waals surface area (Å²) in [6, 6.07) is 9.98. The fourth-order valence-electron chi connectivity index (χ4n) is 3.05. The Bertz CT molecular complexity index is 735. The second kappa shape index (κ2) is 11.4. The summed E-state index contributed by atoms with van der Waals surface area (Å²) in [6.07, 6.45) is 9.80. The van der Waals surface area contributed by atoms with Gasteiger partial charge in [0.25, 0.3) is 0 Å². The van der Waals surface area contributed by atoms with Crippen molar-refractivity contribution in [3.05, 3.63) is 59.4 Å². The van der Waals surface area contributed by atoms with Crippen molar-refractivity contribution in [2.75, 3.05) is 13.7 Å². The Morgan fingerprint density at radius 1 is 1.24 bits per heavy atom. The van der Waals surface area contributed by atoms with Crippen LogP contribution in [0.4, 0.5) is 0 Å². The Labute approximate surface area is 172 Å². The maximum absolute atomic E-state index is 12.5. The molecule has 1 aromatic carbocycles. The van der Waals surface area contributed by atoms with Crippen molar-refractivity contribution in [3.63, 3.8) is 0 Å². The van der Waals surface area contributed by atoms with E-state index in [0.29, 0.717) is 23.4 Å². The van der Waals surface area contributed by atoms with Gasteiger partial charge in [0, 0.05) is 24.9 Å². The van der Waals surface area contributed by atoms with Gasteiger partial charge in [-0.15, -0.1) is 0 Å². The zero-order valence-corrected chi connectivity index (χ0v) is 17.1. The normalized spacial score (nSPS) is 17.3. The Morgan fingerprint density at radius 2 is 1.86 bits per heavy atom. The molecule has 0 aliphatic heterocycles. The lowest BCUT2D eigenvalue weighted by Gasteiger charge is -2.31. The molecule has 2 saturated carbocycles. The van der Waals surface area contributed by atoms with Crippen LogP contribution in [0.3, 0.4) is 0 Å². The van der Waals surface area contributed by atoms with Crippen molar-refractivity contribution >= 4 is 11.6 Å². The number of nitrogens with one attached hydrogen (secondary N) is 2. The van der Waals surface area contributed by atoms with Gasteiger partial charge in [-0.05, 0) is 49.7 Å². The van der Waals surface area contributed by atoms with E-state index in [1.165, 1.54) is 24.1 Å². The number of hydrogen-bond donors (Lipinski definition) is 5. The SMILES string of the molecule is CN(N)/C(=C\N)CO.N=C(/C=C(/C(=O)NC1CCC1)C1CCC1)c1ccccc1. The number of hydrazine groups is 1. The zero-order chi connectivity index (χ0) is 21.2. The molecule has 7 heteroatoms. The molecule has 2 aliphatic rings. The number of likely N-dealkylation sites (N-methyl/N-ethyl adjacent to an activating group) is 1. The molecular formula is C22H33N5O2. The second-order valence-corrected chi connectivity index (χ2v) is 7.54. The smallest absolute Gasteiger partial charge is 0.247 e. The molecule has 0 bridgehead atoms. The van der Waals surface area contributed by atoms with Crippen LogP contribution in [0, 0.1) is 11.3 Å². The highest BCUT2D eigenvalue weighted by Crippen LogP contribution is 2.34. The predicted molar refractivity (Wildman–Crippen MR) is 116 cm³/mol. The summed E-state index contributed by atoms with van der Waals surface area (Å²) in [5, 5.41) is 21.0. The minimum atomic E-state index is -0.122. The number of carbonyl (C=O) groups excluding carboxylic acids is 1. The second-order valence-electron chi connectivity index (χ2n) is 7.54. The van der Waals surface area contributed by atoms with Crippen LogP contribution in [-0.4, -0.2) is 41.4 Å². The number of allylic oxidation sites excluding steroid dienone is 1. The van der Waals surface area contributed by atoms with Crippen molar-refractivity contribution in [1.29, 1.82) is 5.41 Å². The quantitative estimate of drug-likeness (QED) is 0.207. The number of nitrogens with two attached hydrogens (primary N) is 2. The van der Waals surface area contributed by atoms with Crippen LogP contribution in [0.5, 0.6) is 0 Å². The fraction of sp³-hybridized carbons (Fsp3) is 0.455. The molecule has 158 valence electrons. The van der Waals surface area contributed by atoms with E-state index in [1.54, 1.807) is 13.1 Å². The predicted octanol–water partition coefficient (Wildman–Crippen LogP) is 2.03. The van der Waals surface area contributed by atoms with E-state index in [0.717, 1.165) is 36.8 Å². The minimum absolute atomic E-state index is 0.0464. The molecule has 2 fully saturated rings. The van der Waals surface area contributed by atoms with Gasteiger partial charge >= 0.3 is 0 Å². The van der Waals surface area contributed by atoms with Crippen molar-refractivity contribution in [2.24, 2.45) is 17.5 Å². The maximum atomic E-state index is 12.5. The molecule has 2 aliphatic carbocycles. The summed E-state index contributed by atoms with van der Waals surface area (Å²) < 4.78 is 0. The fourth-order valence-corrected chi connectivity index (χ4v) is 3.05. The Morgan fingerprint density at radius 3 is 2.24 bits per heavy atom. The third-order valence-corrected chi connectivity index (χ3v) is 5.44. The first-order chi connectivity index (χ1) is 14.0. The molecule has 0 radical (unpaired) electrons. The molecule has 0 heterocycles. The van der Waals surface area contributed by atoms with Crippen LogP contribution in [0.1, 0.15) is 44.1 Å². The van der Waals surface area contributed by atoms with Crippen molar-refractivity contribution < 1.29 is 9.90 Å². The minimum Gasteiger partial charge on any atom is -0.403 e. The number of rotatable bonds is 7. The van der Waals surface area contributed by atoms with Gasteiger partial charge in [0.15, 0.2) is 0 Å². The molecule has 3 rings (SSSR count). The number of aliphatic hydroxyl groups excluding tert-OH is 1. The summed E-state index contributed by atoms with van der Waals surface area (Å²) in [5.74, 6) is 5.57. The van der Waals surface area contributed by atoms with E-state index in [9.17, 15) is 4.79 Å². The third kappa shape index (κ3) is 6.73. The summed E-state index contributed by atoms with van der Waals surface area (Å²) >= 11 is 0. The topological polar surface area (TPSA) is 128 Å². The summed E-state index contributed by atoms with van der Waals surface area (Å²) in [4.78, 5) is 12.5. The first-order valence-electron chi connectivity index (χ1n) is 10.1. The van der Waals surface area contributed by atoms with Crippen LogP contribution in [0.2, 0.25) is 0 Å². The molecule has 1 aromatic rings. The summed E-state index contributed by atoms with van der Waals surface area (Å²) in [5.41, 5.74) is 7.65. The molecule has 0 aromatic heterocycles. The number of carbonyl (C=O) groups is 1. The van der Waals surface area contributed by atoms with Gasteiger partial charge in [-0.3, -0.25) is 4.79 Å². The van der Waals surface area contributed by atoms with E-state index in [2.05, 4.69) is 5.32 Å². The van der Waals surface area contributed by atoms with Crippen LogP contribution < -0.4 is 16.9 Å². The van der Waals surface area contributed by atoms with E-state index in [-0.39, 0.29) is 12.5 Å². The van der Waals surface area contributed by atoms with Crippen LogP contribution in [0.25, 0.3) is 0 Å². The van der Waals surface area contributed by atoms with E-state index in [1.807, 2.05) is 30.3 Å². The Balaban J connectivity index is 0.000000321. The van der Waals surface area contributed by atoms with Gasteiger partial charge in [0.1, 0.15) is 0 Å². The van der Waals surface area contributed by atoms with Crippen LogP contribution in [-0.2, 0) is 4.79 Å². The van der Waals surface area contributed by atoms with Gasteiger partial charge in [-0.25, -0.2) is 5.84 Å². The third-order valence-electron chi connectivity index (χ3n) is 5.44. The first kappa shape index (κ1) is 22.6. The molecule has 29 heavy (non-hydrogen) atoms. The highest BCUT2D eigenvalue weighted by molar-refractivity contribution is 6.11. The van der Waals surface area contributed by atoms with Crippen LogP contribution in [0.15, 0.2) is 53.9 Å². The highest BCUT2D eigenvalue weighted by Gasteiger charge is 2.29. The number of benzene rings is 1. The monoisotopic (exact) mass is 399 g/mol. The Kier molecular flexibility index (Phi) is 8.89. The number of amides is 1. The van der Waals surface area contributed by atoms with Gasteiger partial charge in [0.05, 0.1) is 18.0 Å². The first-order valence-corrected chi connectivity index (χ1v) is 10.1. The molecule has 1 amide bonds. The molecule has 0 saturated heterocycles. The summed E-state index contributed by atoms with van der Waals surface area (Å²) in [7, 11) is 1.61. The lowest BCUT2D eigenvalue weighted by atomic mass is 9.78. The number of nitrogens with zero attached hydrogens (tertiary/aromatic N) is 1. The molecule has 0 atom stereocenters. The molecular weight excluding hydrogens is 366 g/mol. The lowest BCUT2D eigenvalue weighted by molar-refractivity contribution is -0.119. The van der Waals surface area contributed by atoms with Crippen LogP contribution >= 0.6 is 0 Å². The molecule has 7 N–H and O–H groups in total. The average molecular weight is 400 g/mol. The maximum Gasteiger partial charge on any atom is 0.247 e. The van der Waals surface area contributed by atoms with Gasteiger partial charge in [-0.1, -0.05) is 36.8 Å². The highest BCUT2D eigenvalue weighted by atomic mass is 16.3. The van der Waals surface area contributed by atoms with Crippen molar-refractivity contribution in [2.45, 2.75) is 44.6 Å². The standard InChI is InChI=1S/C18H22N2O.C4H11N3O/c19-17(14-6-2-1-3-7-14)12-16(13-8-4-9-13)18(21)20-15-10-5-11-15;1-7(6)4(2-5)3-8/h1-3,6-7,12-13,15,19H,4-5,8-11H2,(H,20,21);2,8H,3,5-6H2,1H3/b16-12+,19-17?;4-2-. The van der Waals surface area contributed by atoms with Crippen molar-refractivity contribution in [1.82, 2.24) is 10.3 Å². The molecule has 0 unspecified atom stereocenters. The lowest BCUT2D eigenvalue weighted by Crippen LogP contribution is -2.42. The molecule has 0 spiro atoms. The number of aliphatic hydroxyl groups is 1. The van der Waals surface area contributed by atoms with E-state index in [4.69, 9.17) is 22.1 Å². The van der Waals surface area contributed by atoms with Gasteiger partial charge < -0.3 is 26.6 Å². The van der Waals surface area contributed by atoms with Gasteiger partial charge in [-0.2, -0.15) is 0 Å². The number of hydrogen-bond acceptors (Lipinski definition) is 6. The largest absolute Gasteiger partial charge is 0.403 e. The van der Waals surface area contributed by atoms with Crippen molar-refractivity contribution in [3.8, 4) is 0 Å². The van der Waals surface area contributed by atoms with Gasteiger partial charge in [0.2, 0.25) is 5.91 Å². The van der Waals surface area contributed by atoms with E-state index < -0.39 is 0 Å². The summed E-state index contributed by atoms with van der Waals surface area (Å²) in [6.45, 7) is -0.122. The average Bonchev–Trinajstić information content (AvgIpc) is 2.64. The molecule has 7 nitrogen and oxygen atoms in total. The van der Waals surface area contributed by atoms with E-state index >= 15 is 0 Å². The Hall–Kier alpha value is -2.64. The zero-order valence-electron chi connectivity index (χ0n) is 17.1.